The first-order valence-electron chi connectivity index (χ1n) is 6.60. The number of likely N-dealkylation sites (tertiary alicyclic amines) is 1. The van der Waals surface area contributed by atoms with Crippen LogP contribution >= 0.6 is 11.6 Å². The molecule has 0 atom stereocenters. The first-order valence-corrected chi connectivity index (χ1v) is 7.14. The molecule has 1 aliphatic rings. The van der Waals surface area contributed by atoms with E-state index in [1.807, 2.05) is 0 Å². The molecule has 1 amide bonds. The van der Waals surface area contributed by atoms with Crippen molar-refractivity contribution in [2.75, 3.05) is 19.7 Å². The number of alkyl halides is 1. The topological polar surface area (TPSA) is 77.3 Å². The van der Waals surface area contributed by atoms with Crippen LogP contribution < -0.4 is 0 Å². The van der Waals surface area contributed by atoms with Crippen molar-refractivity contribution >= 4 is 23.5 Å². The molecule has 2 rings (SSSR count). The van der Waals surface area contributed by atoms with Crippen LogP contribution in [0.4, 0.5) is 0 Å². The Labute approximate surface area is 121 Å². The minimum Gasteiger partial charge on any atom is -0.461 e. The lowest BCUT2D eigenvalue weighted by atomic mass is 10.3. The maximum Gasteiger partial charge on any atom is 0.360 e. The van der Waals surface area contributed by atoms with Gasteiger partial charge in [-0.15, -0.1) is 16.7 Å². The van der Waals surface area contributed by atoms with Crippen LogP contribution in [-0.2, 0) is 22.0 Å². The minimum absolute atomic E-state index is 0.0332. The average molecular weight is 301 g/mol. The third kappa shape index (κ3) is 3.09. The number of carbonyl (C=O) groups is 2. The number of rotatable bonds is 5. The van der Waals surface area contributed by atoms with Crippen molar-refractivity contribution < 1.29 is 14.3 Å². The van der Waals surface area contributed by atoms with E-state index in [-0.39, 0.29) is 30.6 Å². The molecule has 7 nitrogen and oxygen atoms in total. The molecule has 0 aromatic carbocycles. The van der Waals surface area contributed by atoms with Crippen LogP contribution in [0.2, 0.25) is 0 Å². The number of amides is 1. The molecule has 2 heterocycles. The number of halogens is 1. The molecule has 0 radical (unpaired) electrons. The summed E-state index contributed by atoms with van der Waals surface area (Å²) in [6, 6.07) is 0. The van der Waals surface area contributed by atoms with Gasteiger partial charge < -0.3 is 9.64 Å². The Morgan fingerprint density at radius 1 is 1.35 bits per heavy atom. The Balaban J connectivity index is 2.11. The van der Waals surface area contributed by atoms with Crippen LogP contribution in [0.5, 0.6) is 0 Å². The molecule has 0 aliphatic carbocycles. The lowest BCUT2D eigenvalue weighted by molar-refractivity contribution is -0.131. The third-order valence-corrected chi connectivity index (χ3v) is 3.43. The largest absolute Gasteiger partial charge is 0.461 e. The van der Waals surface area contributed by atoms with Gasteiger partial charge in [0.1, 0.15) is 6.54 Å². The molecule has 1 fully saturated rings. The standard InChI is InChI=1S/C12H17ClN4O3/c1-2-20-12(19)11-9(7-13)17(15-14-11)8-10(18)16-5-3-4-6-16/h2-8H2,1H3. The fraction of sp³-hybridized carbons (Fsp3) is 0.667. The van der Waals surface area contributed by atoms with Gasteiger partial charge in [-0.2, -0.15) is 0 Å². The van der Waals surface area contributed by atoms with Gasteiger partial charge in [-0.3, -0.25) is 4.79 Å². The molecule has 1 aromatic rings. The van der Waals surface area contributed by atoms with E-state index in [2.05, 4.69) is 10.3 Å². The molecular formula is C12H17ClN4O3. The molecule has 20 heavy (non-hydrogen) atoms. The zero-order chi connectivity index (χ0) is 14.5. The molecule has 1 saturated heterocycles. The van der Waals surface area contributed by atoms with Gasteiger partial charge in [-0.25, -0.2) is 9.48 Å². The minimum atomic E-state index is -0.567. The fourth-order valence-electron chi connectivity index (χ4n) is 2.14. The van der Waals surface area contributed by atoms with Crippen molar-refractivity contribution in [3.05, 3.63) is 11.4 Å². The van der Waals surface area contributed by atoms with Crippen LogP contribution in [0, 0.1) is 0 Å². The highest BCUT2D eigenvalue weighted by molar-refractivity contribution is 6.17. The molecule has 0 bridgehead atoms. The van der Waals surface area contributed by atoms with E-state index in [1.165, 1.54) is 4.68 Å². The van der Waals surface area contributed by atoms with Crippen molar-refractivity contribution in [3.63, 3.8) is 0 Å². The van der Waals surface area contributed by atoms with Crippen molar-refractivity contribution in [2.45, 2.75) is 32.2 Å². The summed E-state index contributed by atoms with van der Waals surface area (Å²) < 4.78 is 6.25. The molecule has 1 aliphatic heterocycles. The highest BCUT2D eigenvalue weighted by atomic mass is 35.5. The SMILES string of the molecule is CCOC(=O)c1nnn(CC(=O)N2CCCC2)c1CCl. The lowest BCUT2D eigenvalue weighted by Gasteiger charge is -2.15. The van der Waals surface area contributed by atoms with Gasteiger partial charge in [0.25, 0.3) is 0 Å². The Morgan fingerprint density at radius 3 is 2.65 bits per heavy atom. The first-order chi connectivity index (χ1) is 9.67. The maximum absolute atomic E-state index is 12.1. The van der Waals surface area contributed by atoms with Gasteiger partial charge in [0.05, 0.1) is 18.2 Å². The lowest BCUT2D eigenvalue weighted by Crippen LogP contribution is -2.31. The number of nitrogens with zero attached hydrogens (tertiary/aromatic N) is 4. The number of ether oxygens (including phenoxy) is 1. The summed E-state index contributed by atoms with van der Waals surface area (Å²) in [5.41, 5.74) is 0.494. The van der Waals surface area contributed by atoms with Gasteiger partial charge in [0, 0.05) is 13.1 Å². The molecule has 0 unspecified atom stereocenters. The van der Waals surface area contributed by atoms with Crippen LogP contribution in [-0.4, -0.2) is 51.5 Å². The highest BCUT2D eigenvalue weighted by Crippen LogP contribution is 2.13. The fourth-order valence-corrected chi connectivity index (χ4v) is 2.41. The van der Waals surface area contributed by atoms with E-state index < -0.39 is 5.97 Å². The number of carbonyl (C=O) groups excluding carboxylic acids is 2. The second kappa shape index (κ2) is 6.69. The number of esters is 1. The molecule has 0 spiro atoms. The van der Waals surface area contributed by atoms with Crippen LogP contribution in [0.1, 0.15) is 35.9 Å². The van der Waals surface area contributed by atoms with Gasteiger partial charge in [0.15, 0.2) is 5.69 Å². The summed E-state index contributed by atoms with van der Waals surface area (Å²) in [5, 5.41) is 7.60. The predicted molar refractivity (Wildman–Crippen MR) is 71.3 cm³/mol. The number of hydrogen-bond donors (Lipinski definition) is 0. The summed E-state index contributed by atoms with van der Waals surface area (Å²) in [5.74, 6) is -0.550. The van der Waals surface area contributed by atoms with E-state index in [1.54, 1.807) is 11.8 Å². The third-order valence-electron chi connectivity index (χ3n) is 3.18. The maximum atomic E-state index is 12.1. The van der Waals surface area contributed by atoms with Gasteiger partial charge in [-0.05, 0) is 19.8 Å². The quantitative estimate of drug-likeness (QED) is 0.594. The molecular weight excluding hydrogens is 284 g/mol. The van der Waals surface area contributed by atoms with Crippen LogP contribution in [0.3, 0.4) is 0 Å². The smallest absolute Gasteiger partial charge is 0.360 e. The second-order valence-corrected chi connectivity index (χ2v) is 4.75. The van der Waals surface area contributed by atoms with Crippen molar-refractivity contribution in [3.8, 4) is 0 Å². The van der Waals surface area contributed by atoms with Crippen LogP contribution in [0.25, 0.3) is 0 Å². The molecule has 0 N–H and O–H groups in total. The summed E-state index contributed by atoms with van der Waals surface area (Å²) in [4.78, 5) is 25.5. The van der Waals surface area contributed by atoms with E-state index in [0.717, 1.165) is 25.9 Å². The summed E-state index contributed by atoms with van der Waals surface area (Å²) in [6.07, 6.45) is 2.05. The second-order valence-electron chi connectivity index (χ2n) is 4.48. The highest BCUT2D eigenvalue weighted by Gasteiger charge is 2.24. The normalized spacial score (nSPS) is 14.6. The Kier molecular flexibility index (Phi) is 4.94. The Morgan fingerprint density at radius 2 is 2.05 bits per heavy atom. The molecule has 1 aromatic heterocycles. The number of aromatic nitrogens is 3. The zero-order valence-corrected chi connectivity index (χ0v) is 12.1. The molecule has 8 heteroatoms. The van der Waals surface area contributed by atoms with Gasteiger partial charge in [0.2, 0.25) is 5.91 Å². The van der Waals surface area contributed by atoms with Gasteiger partial charge >= 0.3 is 5.97 Å². The molecule has 0 saturated carbocycles. The summed E-state index contributed by atoms with van der Waals surface area (Å²) in [6.45, 7) is 3.55. The predicted octanol–water partition coefficient (Wildman–Crippen LogP) is 0.816. The van der Waals surface area contributed by atoms with Gasteiger partial charge in [-0.1, -0.05) is 5.21 Å². The number of hydrogen-bond acceptors (Lipinski definition) is 5. The average Bonchev–Trinajstić information content (AvgIpc) is 3.07. The Bertz CT molecular complexity index is 497. The summed E-state index contributed by atoms with van der Waals surface area (Å²) >= 11 is 5.83. The van der Waals surface area contributed by atoms with Crippen molar-refractivity contribution in [1.82, 2.24) is 19.9 Å². The van der Waals surface area contributed by atoms with Crippen molar-refractivity contribution in [2.24, 2.45) is 0 Å². The Hall–Kier alpha value is -1.63. The van der Waals surface area contributed by atoms with Crippen molar-refractivity contribution in [1.29, 1.82) is 0 Å². The first kappa shape index (κ1) is 14.8. The van der Waals surface area contributed by atoms with E-state index in [0.29, 0.717) is 5.69 Å². The van der Waals surface area contributed by atoms with Crippen LogP contribution in [0.15, 0.2) is 0 Å². The van der Waals surface area contributed by atoms with E-state index in [9.17, 15) is 9.59 Å². The monoisotopic (exact) mass is 300 g/mol. The molecule has 110 valence electrons. The zero-order valence-electron chi connectivity index (χ0n) is 11.3. The van der Waals surface area contributed by atoms with E-state index >= 15 is 0 Å². The van der Waals surface area contributed by atoms with E-state index in [4.69, 9.17) is 16.3 Å². The summed E-state index contributed by atoms with van der Waals surface area (Å²) in [7, 11) is 0.